The Labute approximate surface area is 96.7 Å². The molecule has 1 heterocycles. The number of hydrogen-bond donors (Lipinski definition) is 1. The predicted molar refractivity (Wildman–Crippen MR) is 66.3 cm³/mol. The van der Waals surface area contributed by atoms with Crippen molar-refractivity contribution in [3.05, 3.63) is 24.3 Å². The number of oxime groups is 1. The quantitative estimate of drug-likeness (QED) is 0.241. The van der Waals surface area contributed by atoms with E-state index in [-0.39, 0.29) is 0 Å². The normalized spacial score (nSPS) is 16.8. The molecular weight excluding hydrogens is 203 g/mol. The van der Waals surface area contributed by atoms with Crippen molar-refractivity contribution in [1.82, 2.24) is 4.90 Å². The summed E-state index contributed by atoms with van der Waals surface area (Å²) in [6.45, 7) is 7.27. The van der Waals surface area contributed by atoms with E-state index in [1.54, 1.807) is 0 Å². The molecule has 0 aromatic rings. The van der Waals surface area contributed by atoms with Crippen LogP contribution in [-0.4, -0.2) is 44.1 Å². The van der Waals surface area contributed by atoms with Gasteiger partial charge in [0.1, 0.15) is 14.5 Å². The number of hydrogen-bond acceptors (Lipinski definition) is 3. The topological polar surface area (TPSA) is 63.2 Å². The smallest absolute Gasteiger partial charge is 0.196 e. The molecule has 84 valence electrons. The van der Waals surface area contributed by atoms with Gasteiger partial charge in [-0.25, -0.2) is 4.99 Å². The minimum Gasteiger partial charge on any atom is -0.396 e. The van der Waals surface area contributed by atoms with Gasteiger partial charge in [-0.3, -0.25) is 0 Å². The maximum Gasteiger partial charge on any atom is 0.196 e. The van der Waals surface area contributed by atoms with Gasteiger partial charge in [-0.1, -0.05) is 23.3 Å². The van der Waals surface area contributed by atoms with Crippen LogP contribution < -0.4 is 5.73 Å². The maximum absolute atomic E-state index is 5.72. The first-order chi connectivity index (χ1) is 7.67. The predicted octanol–water partition coefficient (Wildman–Crippen LogP) is 0.205. The molecule has 0 aromatic carbocycles. The Morgan fingerprint density at radius 1 is 1.69 bits per heavy atom. The van der Waals surface area contributed by atoms with Crippen molar-refractivity contribution < 1.29 is 4.84 Å². The number of allylic oxidation sites excluding steroid dienone is 2. The molecule has 1 rings (SSSR count). The van der Waals surface area contributed by atoms with Crippen LogP contribution in [-0.2, 0) is 4.84 Å². The molecule has 0 bridgehead atoms. The second kappa shape index (κ2) is 6.00. The first kappa shape index (κ1) is 12.4. The van der Waals surface area contributed by atoms with Crippen LogP contribution in [0.25, 0.3) is 0 Å². The lowest BCUT2D eigenvalue weighted by Gasteiger charge is -2.32. The Balaban J connectivity index is 2.42. The molecule has 1 fully saturated rings. The number of nitrogens with zero attached hydrogens (tertiary/aromatic N) is 3. The highest BCUT2D eigenvalue weighted by Gasteiger charge is 2.23. The number of rotatable bonds is 4. The number of likely N-dealkylation sites (tertiary alicyclic amines) is 1. The molecule has 2 radical (unpaired) electrons. The number of guanidine groups is 1. The molecule has 0 aliphatic carbocycles. The van der Waals surface area contributed by atoms with Gasteiger partial charge in [-0.15, -0.1) is 0 Å². The van der Waals surface area contributed by atoms with E-state index < -0.39 is 0 Å². The molecule has 6 heteroatoms. The highest BCUT2D eigenvalue weighted by Crippen LogP contribution is 2.04. The molecule has 0 aromatic heterocycles. The van der Waals surface area contributed by atoms with Gasteiger partial charge in [0.25, 0.3) is 0 Å². The van der Waals surface area contributed by atoms with E-state index in [9.17, 15) is 0 Å². The summed E-state index contributed by atoms with van der Waals surface area (Å²) in [6, 6.07) is 0. The molecule has 0 amide bonds. The number of aliphatic imine (C=N–C) groups is 1. The monoisotopic (exact) mass is 218 g/mol. The minimum absolute atomic E-state index is 0.417. The van der Waals surface area contributed by atoms with Crippen molar-refractivity contribution in [3.8, 4) is 0 Å². The molecule has 0 atom stereocenters. The molecule has 1 saturated heterocycles. The van der Waals surface area contributed by atoms with E-state index in [0.29, 0.717) is 31.1 Å². The van der Waals surface area contributed by atoms with Gasteiger partial charge in [0.15, 0.2) is 5.96 Å². The summed E-state index contributed by atoms with van der Waals surface area (Å²) in [5.74, 6) is 0.417. The zero-order chi connectivity index (χ0) is 12.0. The summed E-state index contributed by atoms with van der Waals surface area (Å²) < 4.78 is 0. The molecule has 0 saturated carbocycles. The van der Waals surface area contributed by atoms with Gasteiger partial charge >= 0.3 is 0 Å². The summed E-state index contributed by atoms with van der Waals surface area (Å²) in [5, 5.41) is 3.90. The van der Waals surface area contributed by atoms with Crippen molar-refractivity contribution >= 4 is 19.5 Å². The molecule has 16 heavy (non-hydrogen) atoms. The van der Waals surface area contributed by atoms with Gasteiger partial charge in [-0.2, -0.15) is 0 Å². The summed E-state index contributed by atoms with van der Waals surface area (Å²) in [6.07, 6.45) is 2.98. The molecule has 2 N–H and O–H groups in total. The third-order valence-electron chi connectivity index (χ3n) is 1.98. The Hall–Kier alpha value is -1.72. The van der Waals surface area contributed by atoms with Gasteiger partial charge in [0.2, 0.25) is 0 Å². The average Bonchev–Trinajstić information content (AvgIpc) is 2.23. The Kier molecular flexibility index (Phi) is 4.63. The fraction of sp³-hybridized carbons (Fsp3) is 0.400. The Morgan fingerprint density at radius 2 is 2.38 bits per heavy atom. The van der Waals surface area contributed by atoms with Crippen LogP contribution in [0.1, 0.15) is 6.92 Å². The van der Waals surface area contributed by atoms with Crippen molar-refractivity contribution in [2.24, 2.45) is 15.9 Å². The fourth-order valence-electron chi connectivity index (χ4n) is 1.04. The van der Waals surface area contributed by atoms with Gasteiger partial charge in [-0.05, 0) is 6.92 Å². The van der Waals surface area contributed by atoms with Gasteiger partial charge < -0.3 is 15.5 Å². The second-order valence-electron chi connectivity index (χ2n) is 3.25. The summed E-state index contributed by atoms with van der Waals surface area (Å²) in [5.41, 5.74) is 7.16. The zero-order valence-corrected chi connectivity index (χ0v) is 9.39. The van der Waals surface area contributed by atoms with Crippen LogP contribution in [0.5, 0.6) is 0 Å². The second-order valence-corrected chi connectivity index (χ2v) is 3.25. The van der Waals surface area contributed by atoms with Crippen molar-refractivity contribution in [3.63, 3.8) is 0 Å². The van der Waals surface area contributed by atoms with Crippen LogP contribution in [0, 0.1) is 0 Å². The standard InChI is InChI=1S/C10H15BN4O/c1-3-8(11)5-13-10(12)15-6-9(7-15)14-16-4-2/h3,5H,1,4,6-7H2,2H3,(H2,12,13)/b8-5+. The largest absolute Gasteiger partial charge is 0.396 e. The highest BCUT2D eigenvalue weighted by atomic mass is 16.6. The van der Waals surface area contributed by atoms with Gasteiger partial charge in [0.05, 0.1) is 18.8 Å². The van der Waals surface area contributed by atoms with Crippen molar-refractivity contribution in [2.75, 3.05) is 19.7 Å². The summed E-state index contributed by atoms with van der Waals surface area (Å²) >= 11 is 0. The molecule has 1 aliphatic rings. The Morgan fingerprint density at radius 3 is 2.94 bits per heavy atom. The molecule has 0 spiro atoms. The van der Waals surface area contributed by atoms with E-state index in [4.69, 9.17) is 18.4 Å². The van der Waals surface area contributed by atoms with Crippen LogP contribution in [0.15, 0.2) is 34.5 Å². The maximum atomic E-state index is 5.72. The molecule has 1 aliphatic heterocycles. The number of nitrogens with two attached hydrogens (primary N) is 1. The third kappa shape index (κ3) is 3.45. The third-order valence-corrected chi connectivity index (χ3v) is 1.98. The fourth-order valence-corrected chi connectivity index (χ4v) is 1.04. The Bertz CT molecular complexity index is 341. The van der Waals surface area contributed by atoms with E-state index in [2.05, 4.69) is 16.7 Å². The van der Waals surface area contributed by atoms with E-state index in [0.717, 1.165) is 5.71 Å². The first-order valence-electron chi connectivity index (χ1n) is 5.01. The SMILES string of the molecule is [B]/C(C=C)=C/N=C(N)N1CC(=NOCC)C1. The zero-order valence-electron chi connectivity index (χ0n) is 9.39. The van der Waals surface area contributed by atoms with E-state index in [1.165, 1.54) is 12.3 Å². The van der Waals surface area contributed by atoms with Crippen LogP contribution >= 0.6 is 0 Å². The molecular formula is C10H15BN4O. The highest BCUT2D eigenvalue weighted by molar-refractivity contribution is 6.23. The lowest BCUT2D eigenvalue weighted by Crippen LogP contribution is -2.53. The van der Waals surface area contributed by atoms with E-state index >= 15 is 0 Å². The van der Waals surface area contributed by atoms with Crippen LogP contribution in [0.3, 0.4) is 0 Å². The first-order valence-corrected chi connectivity index (χ1v) is 5.01. The van der Waals surface area contributed by atoms with Crippen molar-refractivity contribution in [1.29, 1.82) is 0 Å². The average molecular weight is 218 g/mol. The van der Waals surface area contributed by atoms with Crippen LogP contribution in [0.2, 0.25) is 0 Å². The van der Waals surface area contributed by atoms with Crippen molar-refractivity contribution in [2.45, 2.75) is 6.92 Å². The van der Waals surface area contributed by atoms with E-state index in [1.807, 2.05) is 11.8 Å². The molecule has 5 nitrogen and oxygen atoms in total. The van der Waals surface area contributed by atoms with Gasteiger partial charge in [0, 0.05) is 6.20 Å². The lowest BCUT2D eigenvalue weighted by molar-refractivity contribution is 0.154. The molecule has 0 unspecified atom stereocenters. The summed E-state index contributed by atoms with van der Waals surface area (Å²) in [4.78, 5) is 10.8. The van der Waals surface area contributed by atoms with Crippen LogP contribution in [0.4, 0.5) is 0 Å². The lowest BCUT2D eigenvalue weighted by atomic mass is 9.98. The summed E-state index contributed by atoms with van der Waals surface area (Å²) in [7, 11) is 5.49. The minimum atomic E-state index is 0.417.